The number of rotatable bonds is 4. The van der Waals surface area contributed by atoms with Crippen LogP contribution in [0.1, 0.15) is 49.0 Å². The van der Waals surface area contributed by atoms with Crippen molar-refractivity contribution in [2.75, 3.05) is 6.54 Å². The second-order valence-electron chi connectivity index (χ2n) is 5.16. The van der Waals surface area contributed by atoms with Crippen LogP contribution >= 0.6 is 0 Å². The summed E-state index contributed by atoms with van der Waals surface area (Å²) in [6, 6.07) is 0.145. The monoisotopic (exact) mass is 378 g/mol. The number of amides is 2. The number of carbonyl (C=O) groups excluding carboxylic acids is 2. The van der Waals surface area contributed by atoms with Gasteiger partial charge in [-0.2, -0.15) is 0 Å². The SMILES string of the molecule is C.C.C#CC#CC#CCC(=O)NC(C)C.C#CC#CC#CCNC(=O)C(C)C. The fourth-order valence-corrected chi connectivity index (χ4v) is 1.10. The molecule has 2 N–H and O–H groups in total. The van der Waals surface area contributed by atoms with E-state index in [0.29, 0.717) is 6.54 Å². The zero-order valence-corrected chi connectivity index (χ0v) is 15.5. The van der Waals surface area contributed by atoms with E-state index in [1.165, 1.54) is 0 Å². The van der Waals surface area contributed by atoms with Crippen LogP contribution in [-0.2, 0) is 9.59 Å². The van der Waals surface area contributed by atoms with Crippen molar-refractivity contribution in [1.29, 1.82) is 0 Å². The van der Waals surface area contributed by atoms with E-state index in [0.717, 1.165) is 0 Å². The van der Waals surface area contributed by atoms with E-state index in [9.17, 15) is 9.59 Å². The van der Waals surface area contributed by atoms with Crippen molar-refractivity contribution < 1.29 is 9.59 Å². The van der Waals surface area contributed by atoms with Gasteiger partial charge >= 0.3 is 0 Å². The van der Waals surface area contributed by atoms with Gasteiger partial charge in [-0.25, -0.2) is 0 Å². The molecule has 28 heavy (non-hydrogen) atoms. The van der Waals surface area contributed by atoms with Gasteiger partial charge in [-0.15, -0.1) is 12.8 Å². The normalized spacial score (nSPS) is 6.71. The van der Waals surface area contributed by atoms with Crippen molar-refractivity contribution in [3.05, 3.63) is 0 Å². The number of terminal acetylenes is 2. The summed E-state index contributed by atoms with van der Waals surface area (Å²) in [5.41, 5.74) is 0. The lowest BCUT2D eigenvalue weighted by Crippen LogP contribution is -2.29. The Hall–Kier alpha value is -3.70. The first kappa shape index (κ1) is 32.0. The zero-order valence-electron chi connectivity index (χ0n) is 15.5. The van der Waals surface area contributed by atoms with Gasteiger partial charge < -0.3 is 10.6 Å². The predicted octanol–water partition coefficient (Wildman–Crippen LogP) is 2.21. The highest BCUT2D eigenvalue weighted by Crippen LogP contribution is 1.88. The quantitative estimate of drug-likeness (QED) is 0.737. The predicted molar refractivity (Wildman–Crippen MR) is 118 cm³/mol. The molecule has 0 aromatic heterocycles. The van der Waals surface area contributed by atoms with Crippen molar-refractivity contribution in [2.24, 2.45) is 5.92 Å². The van der Waals surface area contributed by atoms with Gasteiger partial charge in [0.2, 0.25) is 11.8 Å². The Morgan fingerprint density at radius 3 is 1.75 bits per heavy atom. The Bertz CT molecular complexity index is 791. The molecule has 0 aliphatic heterocycles. The average Bonchev–Trinajstić information content (AvgIpc) is 2.57. The standard InChI is InChI=1S/2C11H11NO.2CH4/c1-4-5-6-7-8-9-12-11(13)10(2)3;1-4-5-6-7-8-9-11(13)12-10(2)3;;/h2*1,10H,9H2,2-3H3,(H,12,13);2*1H4. The average molecular weight is 379 g/mol. The molecule has 148 valence electrons. The number of hydrogen-bond acceptors (Lipinski definition) is 2. The Kier molecular flexibility index (Phi) is 26.6. The van der Waals surface area contributed by atoms with Gasteiger partial charge in [0.25, 0.3) is 0 Å². The summed E-state index contributed by atoms with van der Waals surface area (Å²) in [6.45, 7) is 7.74. The summed E-state index contributed by atoms with van der Waals surface area (Å²) in [4.78, 5) is 22.0. The van der Waals surface area contributed by atoms with E-state index < -0.39 is 0 Å². The second-order valence-corrected chi connectivity index (χ2v) is 5.16. The maximum atomic E-state index is 11.0. The van der Waals surface area contributed by atoms with E-state index in [1.807, 2.05) is 27.7 Å². The molecule has 0 aromatic carbocycles. The molecule has 0 fully saturated rings. The van der Waals surface area contributed by atoms with Gasteiger partial charge in [-0.1, -0.05) is 40.5 Å². The molecule has 4 nitrogen and oxygen atoms in total. The fraction of sp³-hybridized carbons (Fsp3) is 0.417. The van der Waals surface area contributed by atoms with Crippen molar-refractivity contribution >= 4 is 11.8 Å². The molecule has 0 bridgehead atoms. The van der Waals surface area contributed by atoms with E-state index in [4.69, 9.17) is 12.8 Å². The Morgan fingerprint density at radius 2 is 1.32 bits per heavy atom. The lowest BCUT2D eigenvalue weighted by Gasteiger charge is -2.04. The van der Waals surface area contributed by atoms with Crippen LogP contribution in [-0.4, -0.2) is 24.4 Å². The minimum absolute atomic E-state index is 0. The lowest BCUT2D eigenvalue weighted by molar-refractivity contribution is -0.123. The van der Waals surface area contributed by atoms with Crippen molar-refractivity contribution in [3.63, 3.8) is 0 Å². The molecule has 0 spiro atoms. The minimum Gasteiger partial charge on any atom is -0.353 e. The second kappa shape index (κ2) is 23.3. The van der Waals surface area contributed by atoms with Crippen LogP contribution in [0.3, 0.4) is 0 Å². The molecule has 0 aliphatic carbocycles. The molecule has 4 heteroatoms. The van der Waals surface area contributed by atoms with Crippen LogP contribution in [0, 0.1) is 78.0 Å². The van der Waals surface area contributed by atoms with Crippen LogP contribution in [0.4, 0.5) is 0 Å². The molecule has 0 atom stereocenters. The Labute approximate surface area is 172 Å². The topological polar surface area (TPSA) is 58.2 Å². The fourth-order valence-electron chi connectivity index (χ4n) is 1.10. The molecule has 0 heterocycles. The first-order chi connectivity index (χ1) is 12.3. The van der Waals surface area contributed by atoms with Crippen molar-refractivity contribution in [1.82, 2.24) is 10.6 Å². The van der Waals surface area contributed by atoms with E-state index in [2.05, 4.69) is 69.8 Å². The smallest absolute Gasteiger partial charge is 0.232 e. The van der Waals surface area contributed by atoms with Gasteiger partial charge in [0, 0.05) is 12.0 Å². The third kappa shape index (κ3) is 27.2. The highest BCUT2D eigenvalue weighted by atomic mass is 16.2. The Balaban J connectivity index is -0.000000192. The van der Waals surface area contributed by atoms with Gasteiger partial charge in [-0.05, 0) is 61.2 Å². The number of nitrogens with one attached hydrogen (secondary N) is 2. The molecular formula is C24H30N2O2. The maximum Gasteiger partial charge on any atom is 0.232 e. The molecule has 0 saturated carbocycles. The number of carbonyl (C=O) groups is 2. The molecule has 0 saturated heterocycles. The van der Waals surface area contributed by atoms with Crippen molar-refractivity contribution in [3.8, 4) is 72.1 Å². The van der Waals surface area contributed by atoms with Gasteiger partial charge in [0.15, 0.2) is 0 Å². The molecule has 0 aromatic rings. The summed E-state index contributed by atoms with van der Waals surface area (Å²) in [6.07, 6.45) is 9.90. The molecule has 2 amide bonds. The first-order valence-corrected chi connectivity index (χ1v) is 7.79. The van der Waals surface area contributed by atoms with Crippen molar-refractivity contribution in [2.45, 2.75) is 55.0 Å². The minimum atomic E-state index is -0.0926. The highest BCUT2D eigenvalue weighted by Gasteiger charge is 2.03. The maximum absolute atomic E-state index is 11.0. The van der Waals surface area contributed by atoms with E-state index in [1.54, 1.807) is 0 Å². The molecule has 0 aliphatic rings. The molecular weight excluding hydrogens is 348 g/mol. The summed E-state index contributed by atoms with van der Waals surface area (Å²) in [5, 5.41) is 5.33. The highest BCUT2D eigenvalue weighted by molar-refractivity contribution is 5.79. The van der Waals surface area contributed by atoms with E-state index >= 15 is 0 Å². The zero-order chi connectivity index (χ0) is 20.2. The number of hydrogen-bond donors (Lipinski definition) is 2. The lowest BCUT2D eigenvalue weighted by atomic mass is 10.2. The van der Waals surface area contributed by atoms with Crippen LogP contribution < -0.4 is 10.6 Å². The van der Waals surface area contributed by atoms with Gasteiger partial charge in [0.1, 0.15) is 0 Å². The Morgan fingerprint density at radius 1 is 0.821 bits per heavy atom. The molecule has 0 rings (SSSR count). The van der Waals surface area contributed by atoms with E-state index in [-0.39, 0.29) is 45.0 Å². The third-order valence-electron chi connectivity index (χ3n) is 2.15. The first-order valence-electron chi connectivity index (χ1n) is 7.79. The largest absolute Gasteiger partial charge is 0.353 e. The third-order valence-corrected chi connectivity index (χ3v) is 2.15. The van der Waals surface area contributed by atoms with Gasteiger partial charge in [-0.3, -0.25) is 9.59 Å². The van der Waals surface area contributed by atoms with Crippen LogP contribution in [0.5, 0.6) is 0 Å². The van der Waals surface area contributed by atoms with Crippen LogP contribution in [0.2, 0.25) is 0 Å². The summed E-state index contributed by atoms with van der Waals surface area (Å²) in [7, 11) is 0. The summed E-state index contributed by atoms with van der Waals surface area (Å²) >= 11 is 0. The van der Waals surface area contributed by atoms with Gasteiger partial charge in [0.05, 0.1) is 13.0 Å². The summed E-state index contributed by atoms with van der Waals surface area (Å²) < 4.78 is 0. The molecule has 0 radical (unpaired) electrons. The van der Waals surface area contributed by atoms with Crippen LogP contribution in [0.25, 0.3) is 0 Å². The summed E-state index contributed by atoms with van der Waals surface area (Å²) in [5.74, 6) is 23.9. The van der Waals surface area contributed by atoms with Crippen LogP contribution in [0.15, 0.2) is 0 Å². The molecule has 0 unspecified atom stereocenters.